The molecule has 4 rings (SSSR count). The minimum Gasteiger partial charge on any atom is -0.494 e. The molecule has 0 aliphatic carbocycles. The second-order valence-electron chi connectivity index (χ2n) is 7.46. The molecule has 1 amide bonds. The first-order chi connectivity index (χ1) is 15.2. The molecule has 31 heavy (non-hydrogen) atoms. The van der Waals surface area contributed by atoms with E-state index in [1.165, 1.54) is 0 Å². The molecule has 2 aromatic carbocycles. The first-order valence-corrected chi connectivity index (χ1v) is 10.5. The van der Waals surface area contributed by atoms with Crippen LogP contribution in [0.1, 0.15) is 44.7 Å². The van der Waals surface area contributed by atoms with Gasteiger partial charge in [0.1, 0.15) is 11.8 Å². The predicted octanol–water partition coefficient (Wildman–Crippen LogP) is 4.17. The number of amides is 1. The van der Waals surface area contributed by atoms with Gasteiger partial charge < -0.3 is 15.4 Å². The summed E-state index contributed by atoms with van der Waals surface area (Å²) in [5, 5.41) is 18.1. The first-order valence-electron chi connectivity index (χ1n) is 10.5. The molecule has 0 spiro atoms. The number of para-hydroxylation sites is 1. The van der Waals surface area contributed by atoms with E-state index in [9.17, 15) is 4.79 Å². The van der Waals surface area contributed by atoms with Crippen molar-refractivity contribution in [2.75, 3.05) is 17.2 Å². The summed E-state index contributed by atoms with van der Waals surface area (Å²) in [5.74, 6) is 1.10. The zero-order valence-electron chi connectivity index (χ0n) is 17.7. The molecule has 0 saturated carbocycles. The number of anilines is 2. The number of carbonyl (C=O) groups is 1. The van der Waals surface area contributed by atoms with Crippen molar-refractivity contribution in [2.24, 2.45) is 0 Å². The second-order valence-corrected chi connectivity index (χ2v) is 7.46. The Labute approximate surface area is 181 Å². The van der Waals surface area contributed by atoms with E-state index in [1.54, 1.807) is 4.68 Å². The Morgan fingerprint density at radius 1 is 1.13 bits per heavy atom. The number of rotatable bonds is 8. The van der Waals surface area contributed by atoms with Crippen LogP contribution < -0.4 is 15.4 Å². The van der Waals surface area contributed by atoms with E-state index in [0.717, 1.165) is 36.3 Å². The van der Waals surface area contributed by atoms with E-state index < -0.39 is 6.04 Å². The maximum absolute atomic E-state index is 13.2. The summed E-state index contributed by atoms with van der Waals surface area (Å²) in [6, 6.07) is 16.7. The molecule has 160 valence electrons. The normalized spacial score (nSPS) is 15.2. The van der Waals surface area contributed by atoms with Gasteiger partial charge in [0.15, 0.2) is 0 Å². The summed E-state index contributed by atoms with van der Waals surface area (Å²) in [4.78, 5) is 13.2. The molecule has 2 heterocycles. The molecule has 1 atom stereocenters. The lowest BCUT2D eigenvalue weighted by Gasteiger charge is -2.28. The molecule has 1 aromatic heterocycles. The summed E-state index contributed by atoms with van der Waals surface area (Å²) in [5.41, 5.74) is 2.89. The largest absolute Gasteiger partial charge is 0.494 e. The van der Waals surface area contributed by atoms with Crippen molar-refractivity contribution >= 4 is 17.5 Å². The number of carbonyl (C=O) groups excluding carboxylic acids is 1. The maximum atomic E-state index is 13.2. The SMILES string of the molecule is CCCCCOc1ccc(C2C(C(=O)Nc3ccccc3)=C(C)Nc3nnnn32)cc1. The van der Waals surface area contributed by atoms with E-state index >= 15 is 0 Å². The summed E-state index contributed by atoms with van der Waals surface area (Å²) in [6.07, 6.45) is 3.34. The monoisotopic (exact) mass is 418 g/mol. The fourth-order valence-electron chi connectivity index (χ4n) is 3.62. The quantitative estimate of drug-likeness (QED) is 0.533. The molecule has 1 unspecified atom stereocenters. The third-order valence-corrected chi connectivity index (χ3v) is 5.20. The highest BCUT2D eigenvalue weighted by atomic mass is 16.5. The van der Waals surface area contributed by atoms with Crippen molar-refractivity contribution in [3.05, 3.63) is 71.4 Å². The molecule has 0 saturated heterocycles. The van der Waals surface area contributed by atoms with Gasteiger partial charge in [-0.15, -0.1) is 0 Å². The molecular weight excluding hydrogens is 392 g/mol. The van der Waals surface area contributed by atoms with Gasteiger partial charge in [-0.25, -0.2) is 0 Å². The number of allylic oxidation sites excluding steroid dienone is 1. The van der Waals surface area contributed by atoms with E-state index in [1.807, 2.05) is 61.5 Å². The minimum atomic E-state index is -0.455. The maximum Gasteiger partial charge on any atom is 0.255 e. The van der Waals surface area contributed by atoms with Crippen molar-refractivity contribution in [1.29, 1.82) is 0 Å². The van der Waals surface area contributed by atoms with Gasteiger partial charge in [0.05, 0.1) is 12.2 Å². The number of hydrogen-bond acceptors (Lipinski definition) is 6. The number of tetrazole rings is 1. The minimum absolute atomic E-state index is 0.206. The Balaban J connectivity index is 1.61. The number of ether oxygens (including phenoxy) is 1. The Hall–Kier alpha value is -3.68. The zero-order valence-corrected chi connectivity index (χ0v) is 17.7. The standard InChI is InChI=1S/C23H26N6O2/c1-3-4-8-15-31-19-13-11-17(12-14-19)21-20(16(2)24-23-26-27-28-29(21)23)22(30)25-18-9-6-5-7-10-18/h5-7,9-14,21H,3-4,8,15H2,1-2H3,(H,25,30)(H,24,26,28). The van der Waals surface area contributed by atoms with Crippen molar-refractivity contribution in [2.45, 2.75) is 39.2 Å². The van der Waals surface area contributed by atoms with Gasteiger partial charge in [-0.05, 0) is 53.6 Å². The molecule has 3 aromatic rings. The zero-order chi connectivity index (χ0) is 21.6. The Morgan fingerprint density at radius 2 is 1.90 bits per heavy atom. The fourth-order valence-corrected chi connectivity index (χ4v) is 3.62. The Kier molecular flexibility index (Phi) is 6.26. The van der Waals surface area contributed by atoms with Gasteiger partial charge in [-0.1, -0.05) is 55.2 Å². The smallest absolute Gasteiger partial charge is 0.255 e. The van der Waals surface area contributed by atoms with E-state index in [4.69, 9.17) is 4.74 Å². The van der Waals surface area contributed by atoms with Crippen LogP contribution in [-0.2, 0) is 4.79 Å². The molecule has 0 radical (unpaired) electrons. The second kappa shape index (κ2) is 9.42. The van der Waals surface area contributed by atoms with Gasteiger partial charge >= 0.3 is 0 Å². The highest BCUT2D eigenvalue weighted by molar-refractivity contribution is 6.06. The molecule has 1 aliphatic heterocycles. The van der Waals surface area contributed by atoms with Crippen LogP contribution in [0.3, 0.4) is 0 Å². The van der Waals surface area contributed by atoms with Crippen LogP contribution in [0.4, 0.5) is 11.6 Å². The average Bonchev–Trinajstić information content (AvgIpc) is 3.25. The van der Waals surface area contributed by atoms with E-state index in [0.29, 0.717) is 23.8 Å². The number of nitrogens with one attached hydrogen (secondary N) is 2. The van der Waals surface area contributed by atoms with Crippen molar-refractivity contribution in [1.82, 2.24) is 20.2 Å². The third kappa shape index (κ3) is 4.58. The van der Waals surface area contributed by atoms with Crippen LogP contribution in [0.2, 0.25) is 0 Å². The molecule has 2 N–H and O–H groups in total. The van der Waals surface area contributed by atoms with Gasteiger partial charge in [-0.3, -0.25) is 4.79 Å². The Bertz CT molecular complexity index is 1060. The van der Waals surface area contributed by atoms with Crippen LogP contribution in [0, 0.1) is 0 Å². The number of hydrogen-bond donors (Lipinski definition) is 2. The molecule has 0 bridgehead atoms. The van der Waals surface area contributed by atoms with Crippen molar-refractivity contribution < 1.29 is 9.53 Å². The lowest BCUT2D eigenvalue weighted by molar-refractivity contribution is -0.113. The number of aromatic nitrogens is 4. The van der Waals surface area contributed by atoms with Crippen LogP contribution in [0.5, 0.6) is 5.75 Å². The fraction of sp³-hybridized carbons (Fsp3) is 0.304. The number of benzene rings is 2. The summed E-state index contributed by atoms with van der Waals surface area (Å²) in [6.45, 7) is 4.72. The van der Waals surface area contributed by atoms with Gasteiger partial charge in [0, 0.05) is 11.4 Å². The van der Waals surface area contributed by atoms with Gasteiger partial charge in [-0.2, -0.15) is 4.68 Å². The highest BCUT2D eigenvalue weighted by Crippen LogP contribution is 2.35. The molecule has 8 nitrogen and oxygen atoms in total. The average molecular weight is 419 g/mol. The van der Waals surface area contributed by atoms with Gasteiger partial charge in [0.25, 0.3) is 5.91 Å². The lowest BCUT2D eigenvalue weighted by Crippen LogP contribution is -2.31. The molecular formula is C23H26N6O2. The molecule has 1 aliphatic rings. The topological polar surface area (TPSA) is 94.0 Å². The molecule has 0 fully saturated rings. The predicted molar refractivity (Wildman–Crippen MR) is 119 cm³/mol. The van der Waals surface area contributed by atoms with E-state index in [-0.39, 0.29) is 5.91 Å². The summed E-state index contributed by atoms with van der Waals surface area (Å²) in [7, 11) is 0. The van der Waals surface area contributed by atoms with Crippen LogP contribution in [-0.4, -0.2) is 32.7 Å². The third-order valence-electron chi connectivity index (χ3n) is 5.20. The lowest BCUT2D eigenvalue weighted by atomic mass is 9.95. The van der Waals surface area contributed by atoms with Crippen LogP contribution in [0.25, 0.3) is 0 Å². The van der Waals surface area contributed by atoms with Crippen molar-refractivity contribution in [3.63, 3.8) is 0 Å². The van der Waals surface area contributed by atoms with Crippen molar-refractivity contribution in [3.8, 4) is 5.75 Å². The summed E-state index contributed by atoms with van der Waals surface area (Å²) >= 11 is 0. The molecule has 8 heteroatoms. The number of nitrogens with zero attached hydrogens (tertiary/aromatic N) is 4. The van der Waals surface area contributed by atoms with E-state index in [2.05, 4.69) is 33.1 Å². The van der Waals surface area contributed by atoms with Gasteiger partial charge in [0.2, 0.25) is 5.95 Å². The first kappa shape index (κ1) is 20.6. The Morgan fingerprint density at radius 3 is 2.65 bits per heavy atom. The van der Waals surface area contributed by atoms with Crippen LogP contribution >= 0.6 is 0 Å². The number of fused-ring (bicyclic) bond motifs is 1. The summed E-state index contributed by atoms with van der Waals surface area (Å²) < 4.78 is 7.46. The number of unbranched alkanes of at least 4 members (excludes halogenated alkanes) is 2. The van der Waals surface area contributed by atoms with Crippen LogP contribution in [0.15, 0.2) is 65.9 Å². The highest BCUT2D eigenvalue weighted by Gasteiger charge is 2.34.